The van der Waals surface area contributed by atoms with Gasteiger partial charge in [0.05, 0.1) is 11.2 Å². The molecule has 252 valence electrons. The number of benzene rings is 2. The zero-order valence-corrected chi connectivity index (χ0v) is 34.4. The molecule has 2 aromatic carbocycles. The van der Waals surface area contributed by atoms with Gasteiger partial charge in [-0.3, -0.25) is 0 Å². The van der Waals surface area contributed by atoms with Crippen molar-refractivity contribution in [3.8, 4) is 0 Å². The first kappa shape index (κ1) is 38.2. The third-order valence-electron chi connectivity index (χ3n) is 11.3. The molecule has 1 aliphatic rings. The Kier molecular flexibility index (Phi) is 12.3. The molecule has 0 spiro atoms. The van der Waals surface area contributed by atoms with Crippen LogP contribution in [0.25, 0.3) is 0 Å². The van der Waals surface area contributed by atoms with E-state index in [1.54, 1.807) is 0 Å². The first-order chi connectivity index (χ1) is 20.8. The molecule has 0 aliphatic carbocycles. The molecule has 0 N–H and O–H groups in total. The molecule has 0 amide bonds. The van der Waals surface area contributed by atoms with Crippen molar-refractivity contribution in [2.24, 2.45) is 16.7 Å². The maximum atomic E-state index is 6.41. The SMILES string of the molecule is CCC(CC)(c1ccc(CCC(C(C)(C)C)C(C)(C)C(O[SiH2]C)O[SiH2]C)c(C)c1)c1ccc(B2OC(C)(C)C(C)(C)O2)c(C)c1. The van der Waals surface area contributed by atoms with Crippen LogP contribution in [0.3, 0.4) is 0 Å². The normalized spacial score (nSPS) is 18.9. The number of rotatable bonds is 14. The minimum Gasteiger partial charge on any atom is -0.400 e. The van der Waals surface area contributed by atoms with Gasteiger partial charge in [-0.05, 0) is 106 Å². The van der Waals surface area contributed by atoms with E-state index in [4.69, 9.17) is 18.2 Å². The van der Waals surface area contributed by atoms with Crippen LogP contribution in [0.15, 0.2) is 36.4 Å². The maximum Gasteiger partial charge on any atom is 0.495 e. The van der Waals surface area contributed by atoms with Crippen molar-refractivity contribution in [1.29, 1.82) is 0 Å². The minimum absolute atomic E-state index is 0.0472. The van der Waals surface area contributed by atoms with Crippen molar-refractivity contribution in [2.45, 2.75) is 152 Å². The summed E-state index contributed by atoms with van der Waals surface area (Å²) in [7, 11) is -1.46. The quantitative estimate of drug-likeness (QED) is 0.153. The summed E-state index contributed by atoms with van der Waals surface area (Å²) in [4.78, 5) is 0. The molecule has 1 heterocycles. The molecule has 1 fully saturated rings. The van der Waals surface area contributed by atoms with Gasteiger partial charge in [0.1, 0.15) is 6.29 Å². The molecule has 7 heteroatoms. The highest BCUT2D eigenvalue weighted by Crippen LogP contribution is 2.47. The molecule has 4 nitrogen and oxygen atoms in total. The molecule has 3 rings (SSSR count). The fourth-order valence-electron chi connectivity index (χ4n) is 7.88. The Morgan fingerprint density at radius 1 is 0.778 bits per heavy atom. The second-order valence-electron chi connectivity index (χ2n) is 16.1. The van der Waals surface area contributed by atoms with Gasteiger partial charge in [-0.25, -0.2) is 0 Å². The third-order valence-corrected chi connectivity index (χ3v) is 12.6. The lowest BCUT2D eigenvalue weighted by Gasteiger charge is -2.47. The van der Waals surface area contributed by atoms with Crippen LogP contribution < -0.4 is 5.46 Å². The molecule has 0 aromatic heterocycles. The largest absolute Gasteiger partial charge is 0.495 e. The van der Waals surface area contributed by atoms with E-state index in [0.717, 1.165) is 31.1 Å². The summed E-state index contributed by atoms with van der Waals surface area (Å²) in [6.45, 7) is 34.0. The Bertz CT molecular complexity index is 1260. The monoisotopic (exact) mass is 652 g/mol. The average molecular weight is 653 g/mol. The molecule has 1 unspecified atom stereocenters. The highest BCUT2D eigenvalue weighted by atomic mass is 28.2. The van der Waals surface area contributed by atoms with Gasteiger partial charge in [0.2, 0.25) is 0 Å². The van der Waals surface area contributed by atoms with E-state index in [1.807, 2.05) is 0 Å². The van der Waals surface area contributed by atoms with Crippen molar-refractivity contribution in [2.75, 3.05) is 0 Å². The molecule has 0 radical (unpaired) electrons. The first-order valence-corrected chi connectivity index (χ1v) is 21.6. The van der Waals surface area contributed by atoms with E-state index in [-0.39, 0.29) is 40.9 Å². The van der Waals surface area contributed by atoms with Crippen LogP contribution >= 0.6 is 0 Å². The van der Waals surface area contributed by atoms with E-state index in [0.29, 0.717) is 5.92 Å². The molecule has 1 atom stereocenters. The molecular formula is C38H65BO4Si2. The summed E-state index contributed by atoms with van der Waals surface area (Å²) in [5, 5.41) is 0. The lowest BCUT2D eigenvalue weighted by Crippen LogP contribution is -2.46. The number of aryl methyl sites for hydroxylation is 3. The lowest BCUT2D eigenvalue weighted by molar-refractivity contribution is -0.126. The van der Waals surface area contributed by atoms with Crippen LogP contribution in [0.2, 0.25) is 13.1 Å². The molecule has 2 aromatic rings. The Morgan fingerprint density at radius 3 is 1.69 bits per heavy atom. The Labute approximate surface area is 282 Å². The van der Waals surface area contributed by atoms with Crippen LogP contribution in [-0.4, -0.2) is 44.1 Å². The van der Waals surface area contributed by atoms with Crippen LogP contribution in [0.4, 0.5) is 0 Å². The highest BCUT2D eigenvalue weighted by molar-refractivity contribution is 6.62. The van der Waals surface area contributed by atoms with E-state index < -0.39 is 19.5 Å². The van der Waals surface area contributed by atoms with Gasteiger partial charge in [0, 0.05) is 10.8 Å². The topological polar surface area (TPSA) is 36.9 Å². The van der Waals surface area contributed by atoms with Gasteiger partial charge in [0.25, 0.3) is 0 Å². The molecule has 45 heavy (non-hydrogen) atoms. The summed E-state index contributed by atoms with van der Waals surface area (Å²) < 4.78 is 25.5. The molecule has 0 saturated carbocycles. The van der Waals surface area contributed by atoms with Crippen LogP contribution in [0, 0.1) is 30.6 Å². The Morgan fingerprint density at radius 2 is 1.27 bits per heavy atom. The van der Waals surface area contributed by atoms with E-state index >= 15 is 0 Å². The van der Waals surface area contributed by atoms with Crippen molar-refractivity contribution in [3.05, 3.63) is 64.2 Å². The Balaban J connectivity index is 1.90. The van der Waals surface area contributed by atoms with E-state index in [9.17, 15) is 0 Å². The van der Waals surface area contributed by atoms with Crippen molar-refractivity contribution < 1.29 is 18.2 Å². The second kappa shape index (κ2) is 14.5. The van der Waals surface area contributed by atoms with Crippen LogP contribution in [0.5, 0.6) is 0 Å². The molecule has 1 aliphatic heterocycles. The van der Waals surface area contributed by atoms with Gasteiger partial charge in [-0.1, -0.05) is 104 Å². The summed E-state index contributed by atoms with van der Waals surface area (Å²) >= 11 is 0. The number of hydrogen-bond donors (Lipinski definition) is 0. The standard InChI is InChI=1S/C38H65BO4Si2/c1-16-38(17-2,30-21-22-31(27(4)25-30)39-42-36(10,11)37(12,13)43-39)29-20-18-28(26(3)24-29)19-23-32(34(5,6)7)35(8,9)33(40-44-14)41-45-15/h18,20-22,24-25,32-33H,16-17,19,23,44-45H2,1-15H3. The van der Waals surface area contributed by atoms with Gasteiger partial charge in [-0.15, -0.1) is 0 Å². The summed E-state index contributed by atoms with van der Waals surface area (Å²) in [6, 6.07) is 14.2. The summed E-state index contributed by atoms with van der Waals surface area (Å²) in [6.07, 6.45) is 4.17. The van der Waals surface area contributed by atoms with Gasteiger partial charge in [-0.2, -0.15) is 0 Å². The third kappa shape index (κ3) is 7.92. The fraction of sp³-hybridized carbons (Fsp3) is 0.684. The van der Waals surface area contributed by atoms with Crippen LogP contribution in [-0.2, 0) is 30.0 Å². The van der Waals surface area contributed by atoms with Crippen molar-refractivity contribution in [1.82, 2.24) is 0 Å². The molecule has 0 bridgehead atoms. The van der Waals surface area contributed by atoms with Crippen molar-refractivity contribution in [3.63, 3.8) is 0 Å². The first-order valence-electron chi connectivity index (χ1n) is 17.6. The smallest absolute Gasteiger partial charge is 0.400 e. The van der Waals surface area contributed by atoms with E-state index in [1.165, 1.54) is 27.8 Å². The number of hydrogen-bond acceptors (Lipinski definition) is 4. The molecule has 1 saturated heterocycles. The predicted octanol–water partition coefficient (Wildman–Crippen LogP) is 7.95. The second-order valence-corrected chi connectivity index (χ2v) is 17.9. The lowest BCUT2D eigenvalue weighted by atomic mass is 9.63. The predicted molar refractivity (Wildman–Crippen MR) is 199 cm³/mol. The Hall–Kier alpha value is -1.22. The zero-order valence-electron chi connectivity index (χ0n) is 31.6. The van der Waals surface area contributed by atoms with Gasteiger partial charge in [0.15, 0.2) is 19.5 Å². The summed E-state index contributed by atoms with van der Waals surface area (Å²) in [5.74, 6) is 0.464. The fourth-order valence-corrected chi connectivity index (χ4v) is 9.73. The highest BCUT2D eigenvalue weighted by Gasteiger charge is 2.52. The van der Waals surface area contributed by atoms with Crippen molar-refractivity contribution >= 4 is 32.1 Å². The van der Waals surface area contributed by atoms with E-state index in [2.05, 4.69) is 140 Å². The van der Waals surface area contributed by atoms with Crippen LogP contribution in [0.1, 0.15) is 123 Å². The maximum absolute atomic E-state index is 6.41. The van der Waals surface area contributed by atoms with Gasteiger partial charge < -0.3 is 18.2 Å². The van der Waals surface area contributed by atoms with Gasteiger partial charge >= 0.3 is 7.12 Å². The summed E-state index contributed by atoms with van der Waals surface area (Å²) in [5.41, 5.74) is 7.32. The molecular weight excluding hydrogens is 587 g/mol. The average Bonchev–Trinajstić information content (AvgIpc) is 3.16. The minimum atomic E-state index is -0.559. The zero-order chi connectivity index (χ0) is 34.0.